The number of hydrogen-bond donors (Lipinski definition) is 3. The molecule has 0 aromatic rings. The van der Waals surface area contributed by atoms with Gasteiger partial charge in [0.25, 0.3) is 0 Å². The molecule has 0 spiro atoms. The van der Waals surface area contributed by atoms with Gasteiger partial charge in [-0.3, -0.25) is 0 Å². The zero-order valence-corrected chi connectivity index (χ0v) is 20.1. The van der Waals surface area contributed by atoms with Gasteiger partial charge in [0, 0.05) is 6.42 Å². The summed E-state index contributed by atoms with van der Waals surface area (Å²) in [6.45, 7) is 15.4. The molecule has 0 amide bonds. The molecule has 0 radical (unpaired) electrons. The van der Waals surface area contributed by atoms with E-state index in [9.17, 15) is 15.3 Å². The smallest absolute Gasteiger partial charge is 0.0811 e. The lowest BCUT2D eigenvalue weighted by Crippen LogP contribution is -2.34. The highest BCUT2D eigenvalue weighted by atomic mass is 16.3. The van der Waals surface area contributed by atoms with Crippen LogP contribution in [0.3, 0.4) is 0 Å². The lowest BCUT2D eigenvalue weighted by atomic mass is 9.63. The fourth-order valence-corrected chi connectivity index (χ4v) is 5.52. The maximum Gasteiger partial charge on any atom is 0.0811 e. The zero-order valence-electron chi connectivity index (χ0n) is 20.1. The minimum atomic E-state index is -0.627. The molecular formula is C27H46O3. The highest BCUT2D eigenvalue weighted by Crippen LogP contribution is 2.58. The largest absolute Gasteiger partial charge is 0.393 e. The molecule has 172 valence electrons. The maximum absolute atomic E-state index is 10.5. The SMILES string of the molecule is C=C1C(=CC=C[C@@H]2CC[C@](C)(CCCCC(O)(CC)CC)C2(C)C)C[C@@H](O)C[C@@H]1O. The first kappa shape index (κ1) is 25.4. The summed E-state index contributed by atoms with van der Waals surface area (Å²) >= 11 is 0. The van der Waals surface area contributed by atoms with E-state index in [2.05, 4.69) is 53.3 Å². The standard InChI is InChI=1S/C27H46O3/c1-7-27(30,8-2)16-10-9-15-26(6)17-14-22(25(26,4)5)13-11-12-21-18-23(28)19-24(29)20(21)3/h11-13,22-24,28-30H,3,7-10,14-19H2,1-2,4-6H3/t22-,23-,24+,26+/m1/s1. The van der Waals surface area contributed by atoms with Crippen LogP contribution in [0.25, 0.3) is 0 Å². The van der Waals surface area contributed by atoms with Crippen LogP contribution in [-0.2, 0) is 0 Å². The molecule has 30 heavy (non-hydrogen) atoms. The van der Waals surface area contributed by atoms with Gasteiger partial charge in [-0.2, -0.15) is 0 Å². The van der Waals surface area contributed by atoms with Crippen molar-refractivity contribution in [2.45, 2.75) is 117 Å². The van der Waals surface area contributed by atoms with E-state index in [0.29, 0.717) is 24.2 Å². The van der Waals surface area contributed by atoms with Crippen LogP contribution in [0.4, 0.5) is 0 Å². The molecule has 4 atom stereocenters. The van der Waals surface area contributed by atoms with Crippen molar-refractivity contribution in [1.82, 2.24) is 0 Å². The van der Waals surface area contributed by atoms with Gasteiger partial charge < -0.3 is 15.3 Å². The molecule has 0 bridgehead atoms. The zero-order chi connectivity index (χ0) is 22.6. The number of aliphatic hydroxyl groups is 3. The minimum Gasteiger partial charge on any atom is -0.393 e. The molecule has 0 aromatic heterocycles. The van der Waals surface area contributed by atoms with Crippen molar-refractivity contribution < 1.29 is 15.3 Å². The molecule has 2 rings (SSSR count). The number of allylic oxidation sites excluding steroid dienone is 3. The molecule has 0 saturated heterocycles. The Morgan fingerprint density at radius 2 is 1.80 bits per heavy atom. The van der Waals surface area contributed by atoms with E-state index in [1.807, 2.05) is 6.08 Å². The van der Waals surface area contributed by atoms with E-state index >= 15 is 0 Å². The quantitative estimate of drug-likeness (QED) is 0.397. The molecule has 0 aliphatic heterocycles. The van der Waals surface area contributed by atoms with Gasteiger partial charge in [0.1, 0.15) is 0 Å². The Balaban J connectivity index is 1.95. The third kappa shape index (κ3) is 5.66. The molecule has 0 aromatic carbocycles. The normalized spacial score (nSPS) is 33.7. The average Bonchev–Trinajstić information content (AvgIpc) is 2.92. The topological polar surface area (TPSA) is 60.7 Å². The third-order valence-electron chi connectivity index (χ3n) is 8.83. The van der Waals surface area contributed by atoms with Gasteiger partial charge >= 0.3 is 0 Å². The Morgan fingerprint density at radius 1 is 1.13 bits per heavy atom. The Hall–Kier alpha value is -0.900. The molecular weight excluding hydrogens is 372 g/mol. The molecule has 0 unspecified atom stereocenters. The number of unbranched alkanes of at least 4 members (excludes halogenated alkanes) is 1. The molecule has 2 fully saturated rings. The van der Waals surface area contributed by atoms with Gasteiger partial charge in [0.05, 0.1) is 17.8 Å². The molecule has 3 heteroatoms. The molecule has 2 aliphatic rings. The highest BCUT2D eigenvalue weighted by molar-refractivity contribution is 5.37. The van der Waals surface area contributed by atoms with E-state index in [1.165, 1.54) is 25.7 Å². The predicted molar refractivity (Wildman–Crippen MR) is 126 cm³/mol. The minimum absolute atomic E-state index is 0.219. The monoisotopic (exact) mass is 418 g/mol. The first-order valence-electron chi connectivity index (χ1n) is 12.1. The summed E-state index contributed by atoms with van der Waals surface area (Å²) in [5.74, 6) is 0.522. The Morgan fingerprint density at radius 3 is 2.43 bits per heavy atom. The van der Waals surface area contributed by atoms with Crippen molar-refractivity contribution in [2.24, 2.45) is 16.7 Å². The summed E-state index contributed by atoms with van der Waals surface area (Å²) in [4.78, 5) is 0. The molecule has 0 heterocycles. The Bertz CT molecular complexity index is 640. The highest BCUT2D eigenvalue weighted by Gasteiger charge is 2.49. The van der Waals surface area contributed by atoms with Gasteiger partial charge in [0.2, 0.25) is 0 Å². The van der Waals surface area contributed by atoms with Gasteiger partial charge in [-0.05, 0) is 72.8 Å². The molecule has 2 aliphatic carbocycles. The number of hydrogen-bond acceptors (Lipinski definition) is 3. The second kappa shape index (κ2) is 10.1. The lowest BCUT2D eigenvalue weighted by molar-refractivity contribution is 0.0186. The molecule has 3 N–H and O–H groups in total. The van der Waals surface area contributed by atoms with Crippen molar-refractivity contribution in [3.05, 3.63) is 36.0 Å². The lowest BCUT2D eigenvalue weighted by Gasteiger charge is -2.41. The second-order valence-corrected chi connectivity index (χ2v) is 10.8. The van der Waals surface area contributed by atoms with E-state index < -0.39 is 17.8 Å². The van der Waals surface area contributed by atoms with Crippen LogP contribution < -0.4 is 0 Å². The van der Waals surface area contributed by atoms with Crippen molar-refractivity contribution in [2.75, 3.05) is 0 Å². The fraction of sp³-hybridized carbons (Fsp3) is 0.778. The fourth-order valence-electron chi connectivity index (χ4n) is 5.52. The summed E-state index contributed by atoms with van der Waals surface area (Å²) in [7, 11) is 0. The van der Waals surface area contributed by atoms with E-state index in [1.54, 1.807) is 0 Å². The molecule has 3 nitrogen and oxygen atoms in total. The number of aliphatic hydroxyl groups excluding tert-OH is 2. The summed E-state index contributed by atoms with van der Waals surface area (Å²) in [5, 5.41) is 30.5. The van der Waals surface area contributed by atoms with E-state index in [0.717, 1.165) is 36.8 Å². The van der Waals surface area contributed by atoms with Crippen LogP contribution in [0.5, 0.6) is 0 Å². The van der Waals surface area contributed by atoms with Crippen LogP contribution in [0, 0.1) is 16.7 Å². The van der Waals surface area contributed by atoms with Crippen molar-refractivity contribution in [3.8, 4) is 0 Å². The third-order valence-corrected chi connectivity index (χ3v) is 8.83. The van der Waals surface area contributed by atoms with Crippen LogP contribution in [0.1, 0.15) is 98.8 Å². The Kier molecular flexibility index (Phi) is 8.58. The predicted octanol–water partition coefficient (Wildman–Crippen LogP) is 6.09. The van der Waals surface area contributed by atoms with Gasteiger partial charge in [0.15, 0.2) is 0 Å². The summed E-state index contributed by atoms with van der Waals surface area (Å²) in [6.07, 6.45) is 14.9. The first-order chi connectivity index (χ1) is 14.0. The van der Waals surface area contributed by atoms with Crippen LogP contribution in [0.15, 0.2) is 36.0 Å². The Labute approximate surface area is 185 Å². The summed E-state index contributed by atoms with van der Waals surface area (Å²) < 4.78 is 0. The summed E-state index contributed by atoms with van der Waals surface area (Å²) in [6, 6.07) is 0. The maximum atomic E-state index is 10.5. The summed E-state index contributed by atoms with van der Waals surface area (Å²) in [5.41, 5.74) is 1.77. The average molecular weight is 419 g/mol. The van der Waals surface area contributed by atoms with Gasteiger partial charge in [-0.1, -0.05) is 72.3 Å². The van der Waals surface area contributed by atoms with Crippen molar-refractivity contribution in [3.63, 3.8) is 0 Å². The first-order valence-corrected chi connectivity index (χ1v) is 12.1. The number of rotatable bonds is 9. The van der Waals surface area contributed by atoms with Crippen LogP contribution in [-0.4, -0.2) is 33.1 Å². The van der Waals surface area contributed by atoms with E-state index in [-0.39, 0.29) is 5.41 Å². The van der Waals surface area contributed by atoms with Crippen molar-refractivity contribution in [1.29, 1.82) is 0 Å². The second-order valence-electron chi connectivity index (χ2n) is 10.8. The molecule has 2 saturated carbocycles. The van der Waals surface area contributed by atoms with E-state index in [4.69, 9.17) is 0 Å². The van der Waals surface area contributed by atoms with Gasteiger partial charge in [-0.25, -0.2) is 0 Å². The van der Waals surface area contributed by atoms with Crippen LogP contribution >= 0.6 is 0 Å². The van der Waals surface area contributed by atoms with Crippen LogP contribution in [0.2, 0.25) is 0 Å². The van der Waals surface area contributed by atoms with Crippen molar-refractivity contribution >= 4 is 0 Å². The van der Waals surface area contributed by atoms with Gasteiger partial charge in [-0.15, -0.1) is 0 Å².